The van der Waals surface area contributed by atoms with E-state index in [1.54, 1.807) is 49.4 Å². The van der Waals surface area contributed by atoms with Crippen molar-refractivity contribution in [2.75, 3.05) is 22.5 Å². The molecule has 1 unspecified atom stereocenters. The average Bonchev–Trinajstić information content (AvgIpc) is 2.62. The molecule has 28 heavy (non-hydrogen) atoms. The predicted molar refractivity (Wildman–Crippen MR) is 114 cm³/mol. The number of anilines is 2. The number of carbonyl (C=O) groups excluding carboxylic acids is 1. The highest BCUT2D eigenvalue weighted by Gasteiger charge is 2.31. The molecule has 1 atom stereocenters. The van der Waals surface area contributed by atoms with Crippen LogP contribution in [0.1, 0.15) is 25.8 Å². The Kier molecular flexibility index (Phi) is 7.32. The lowest BCUT2D eigenvalue weighted by atomic mass is 10.1. The molecule has 0 heterocycles. The molecule has 2 aromatic rings. The maximum Gasteiger partial charge on any atom is 0.248 e. The first kappa shape index (κ1) is 22.0. The Balaban J connectivity index is 2.37. The Bertz CT molecular complexity index is 930. The standard InChI is InChI=1S/C20H25ClN2O4S/c1-5-19(20(24)22-18-13-15(21)8-7-14(18)3)23(28(4,25)26)16-9-11-17(12-10-16)27-6-2/h7-13,19H,5-6H2,1-4H3,(H,22,24). The van der Waals surface area contributed by atoms with Crippen molar-refractivity contribution in [1.82, 2.24) is 0 Å². The van der Waals surface area contributed by atoms with Gasteiger partial charge < -0.3 is 10.1 Å². The summed E-state index contributed by atoms with van der Waals surface area (Å²) in [5.74, 6) is 0.207. The molecule has 1 amide bonds. The monoisotopic (exact) mass is 424 g/mol. The van der Waals surface area contributed by atoms with Crippen molar-refractivity contribution in [1.29, 1.82) is 0 Å². The van der Waals surface area contributed by atoms with E-state index in [1.165, 1.54) is 0 Å². The smallest absolute Gasteiger partial charge is 0.248 e. The minimum Gasteiger partial charge on any atom is -0.494 e. The second-order valence-electron chi connectivity index (χ2n) is 6.36. The van der Waals surface area contributed by atoms with Gasteiger partial charge in [-0.1, -0.05) is 24.6 Å². The van der Waals surface area contributed by atoms with Crippen LogP contribution in [0, 0.1) is 6.92 Å². The summed E-state index contributed by atoms with van der Waals surface area (Å²) >= 11 is 6.02. The van der Waals surface area contributed by atoms with E-state index in [4.69, 9.17) is 16.3 Å². The molecule has 0 aliphatic carbocycles. The molecule has 2 aromatic carbocycles. The fourth-order valence-electron chi connectivity index (χ4n) is 2.86. The van der Waals surface area contributed by atoms with Gasteiger partial charge in [-0.05, 0) is 62.2 Å². The Morgan fingerprint density at radius 1 is 1.18 bits per heavy atom. The molecular formula is C20H25ClN2O4S. The van der Waals surface area contributed by atoms with E-state index in [0.717, 1.165) is 16.1 Å². The second kappa shape index (κ2) is 9.30. The first-order chi connectivity index (χ1) is 13.2. The van der Waals surface area contributed by atoms with Crippen molar-refractivity contribution in [3.8, 4) is 5.75 Å². The highest BCUT2D eigenvalue weighted by atomic mass is 35.5. The van der Waals surface area contributed by atoms with Gasteiger partial charge in [0.25, 0.3) is 0 Å². The van der Waals surface area contributed by atoms with E-state index in [9.17, 15) is 13.2 Å². The van der Waals surface area contributed by atoms with Crippen molar-refractivity contribution in [2.24, 2.45) is 0 Å². The zero-order valence-corrected chi connectivity index (χ0v) is 18.0. The molecule has 0 aliphatic rings. The van der Waals surface area contributed by atoms with Crippen LogP contribution in [-0.4, -0.2) is 33.2 Å². The number of nitrogens with zero attached hydrogens (tertiary/aromatic N) is 1. The van der Waals surface area contributed by atoms with Crippen LogP contribution < -0.4 is 14.4 Å². The van der Waals surface area contributed by atoms with Gasteiger partial charge in [-0.3, -0.25) is 9.10 Å². The largest absolute Gasteiger partial charge is 0.494 e. The predicted octanol–water partition coefficient (Wildman–Crippen LogP) is 4.23. The van der Waals surface area contributed by atoms with Crippen LogP contribution in [0.3, 0.4) is 0 Å². The van der Waals surface area contributed by atoms with Crippen LogP contribution in [0.15, 0.2) is 42.5 Å². The molecule has 152 valence electrons. The normalized spacial score (nSPS) is 12.3. The van der Waals surface area contributed by atoms with Crippen LogP contribution in [-0.2, 0) is 14.8 Å². The van der Waals surface area contributed by atoms with Gasteiger partial charge in [0, 0.05) is 10.7 Å². The number of aryl methyl sites for hydroxylation is 1. The number of amides is 1. The molecule has 1 N–H and O–H groups in total. The topological polar surface area (TPSA) is 75.7 Å². The summed E-state index contributed by atoms with van der Waals surface area (Å²) in [6.45, 7) is 5.98. The summed E-state index contributed by atoms with van der Waals surface area (Å²) in [5.41, 5.74) is 1.78. The van der Waals surface area contributed by atoms with Crippen molar-refractivity contribution in [3.63, 3.8) is 0 Å². The minimum absolute atomic E-state index is 0.297. The van der Waals surface area contributed by atoms with Gasteiger partial charge in [0.1, 0.15) is 11.8 Å². The van der Waals surface area contributed by atoms with Gasteiger partial charge in [0.15, 0.2) is 0 Å². The number of rotatable bonds is 8. The number of carbonyl (C=O) groups is 1. The quantitative estimate of drug-likeness (QED) is 0.688. The van der Waals surface area contributed by atoms with Crippen molar-refractivity contribution in [3.05, 3.63) is 53.1 Å². The van der Waals surface area contributed by atoms with Crippen LogP contribution in [0.25, 0.3) is 0 Å². The van der Waals surface area contributed by atoms with E-state index in [2.05, 4.69) is 5.32 Å². The fraction of sp³-hybridized carbons (Fsp3) is 0.350. The maximum absolute atomic E-state index is 13.0. The minimum atomic E-state index is -3.70. The molecule has 0 bridgehead atoms. The van der Waals surface area contributed by atoms with Crippen molar-refractivity contribution >= 4 is 38.9 Å². The molecule has 0 saturated carbocycles. The zero-order chi connectivity index (χ0) is 20.9. The van der Waals surface area contributed by atoms with Gasteiger partial charge in [0.05, 0.1) is 18.6 Å². The lowest BCUT2D eigenvalue weighted by molar-refractivity contribution is -0.117. The number of benzene rings is 2. The first-order valence-corrected chi connectivity index (χ1v) is 11.2. The van der Waals surface area contributed by atoms with E-state index in [1.807, 2.05) is 13.8 Å². The number of ether oxygens (including phenoxy) is 1. The maximum atomic E-state index is 13.0. The van der Waals surface area contributed by atoms with Gasteiger partial charge in [0.2, 0.25) is 15.9 Å². The Labute approximate surface area is 171 Å². The Hall–Kier alpha value is -2.25. The molecule has 8 heteroatoms. The van der Waals surface area contributed by atoms with Crippen LogP contribution in [0.4, 0.5) is 11.4 Å². The number of hydrogen-bond acceptors (Lipinski definition) is 4. The molecule has 0 aromatic heterocycles. The number of sulfonamides is 1. The summed E-state index contributed by atoms with van der Waals surface area (Å²) in [5, 5.41) is 3.29. The third kappa shape index (κ3) is 5.39. The Morgan fingerprint density at radius 2 is 1.82 bits per heavy atom. The molecule has 0 aliphatic heterocycles. The highest BCUT2D eigenvalue weighted by Crippen LogP contribution is 2.27. The van der Waals surface area contributed by atoms with Crippen molar-refractivity contribution in [2.45, 2.75) is 33.2 Å². The van der Waals surface area contributed by atoms with E-state index in [0.29, 0.717) is 35.2 Å². The average molecular weight is 425 g/mol. The summed E-state index contributed by atoms with van der Waals surface area (Å²) in [6, 6.07) is 10.9. The third-order valence-electron chi connectivity index (χ3n) is 4.19. The van der Waals surface area contributed by atoms with E-state index < -0.39 is 22.0 Å². The number of nitrogens with one attached hydrogen (secondary N) is 1. The van der Waals surface area contributed by atoms with E-state index >= 15 is 0 Å². The molecule has 0 radical (unpaired) electrons. The number of halogens is 1. The summed E-state index contributed by atoms with van der Waals surface area (Å²) in [4.78, 5) is 13.0. The molecular weight excluding hydrogens is 400 g/mol. The zero-order valence-electron chi connectivity index (χ0n) is 16.4. The van der Waals surface area contributed by atoms with Gasteiger partial charge in [-0.2, -0.15) is 0 Å². The molecule has 0 fully saturated rings. The van der Waals surface area contributed by atoms with Crippen LogP contribution >= 0.6 is 11.6 Å². The van der Waals surface area contributed by atoms with Crippen LogP contribution in [0.2, 0.25) is 5.02 Å². The lowest BCUT2D eigenvalue weighted by Gasteiger charge is -2.30. The molecule has 2 rings (SSSR count). The lowest BCUT2D eigenvalue weighted by Crippen LogP contribution is -2.47. The Morgan fingerprint density at radius 3 is 2.36 bits per heavy atom. The first-order valence-electron chi connectivity index (χ1n) is 8.96. The van der Waals surface area contributed by atoms with E-state index in [-0.39, 0.29) is 0 Å². The SMILES string of the molecule is CCOc1ccc(N(C(CC)C(=O)Nc2cc(Cl)ccc2C)S(C)(=O)=O)cc1. The fourth-order valence-corrected chi connectivity index (χ4v) is 4.24. The number of hydrogen-bond donors (Lipinski definition) is 1. The van der Waals surface area contributed by atoms with Crippen LogP contribution in [0.5, 0.6) is 5.75 Å². The third-order valence-corrected chi connectivity index (χ3v) is 5.60. The molecule has 0 spiro atoms. The highest BCUT2D eigenvalue weighted by molar-refractivity contribution is 7.92. The van der Waals surface area contributed by atoms with Gasteiger partial charge in [-0.25, -0.2) is 8.42 Å². The second-order valence-corrected chi connectivity index (χ2v) is 8.65. The summed E-state index contributed by atoms with van der Waals surface area (Å²) in [7, 11) is -3.70. The summed E-state index contributed by atoms with van der Waals surface area (Å²) < 4.78 is 31.6. The molecule has 6 nitrogen and oxygen atoms in total. The van der Waals surface area contributed by atoms with Crippen molar-refractivity contribution < 1.29 is 17.9 Å². The molecule has 0 saturated heterocycles. The summed E-state index contributed by atoms with van der Waals surface area (Å²) in [6.07, 6.45) is 1.38. The van der Waals surface area contributed by atoms with Gasteiger partial charge in [-0.15, -0.1) is 0 Å². The van der Waals surface area contributed by atoms with Gasteiger partial charge >= 0.3 is 0 Å².